The number of aromatic nitrogens is 1. The second-order valence-corrected chi connectivity index (χ2v) is 6.00. The molecular formula is C13H23N3S. The molecule has 4 heteroatoms. The van der Waals surface area contributed by atoms with E-state index in [4.69, 9.17) is 10.7 Å². The molecule has 1 fully saturated rings. The number of likely N-dealkylation sites (tertiary alicyclic amines) is 1. The van der Waals surface area contributed by atoms with Gasteiger partial charge in [-0.25, -0.2) is 4.98 Å². The monoisotopic (exact) mass is 253 g/mol. The number of rotatable bonds is 4. The summed E-state index contributed by atoms with van der Waals surface area (Å²) in [7, 11) is 0. The van der Waals surface area contributed by atoms with E-state index in [0.717, 1.165) is 18.0 Å². The second-order valence-electron chi connectivity index (χ2n) is 5.11. The highest BCUT2D eigenvalue weighted by Crippen LogP contribution is 2.28. The molecule has 0 radical (unpaired) electrons. The van der Waals surface area contributed by atoms with Gasteiger partial charge >= 0.3 is 0 Å². The summed E-state index contributed by atoms with van der Waals surface area (Å²) in [5, 5.41) is 3.41. The average molecular weight is 253 g/mol. The molecule has 1 aromatic rings. The normalized spacial score (nSPS) is 20.6. The zero-order chi connectivity index (χ0) is 12.3. The predicted octanol–water partition coefficient (Wildman–Crippen LogP) is 2.44. The SMILES string of the molecule is CC1CCN(C(C)c2nc(CCN)cs2)CC1. The molecule has 3 nitrogen and oxygen atoms in total. The summed E-state index contributed by atoms with van der Waals surface area (Å²) in [5.74, 6) is 0.891. The fourth-order valence-corrected chi connectivity index (χ4v) is 3.29. The van der Waals surface area contributed by atoms with E-state index in [2.05, 4.69) is 24.1 Å². The number of nitrogens with two attached hydrogens (primary N) is 1. The van der Waals surface area contributed by atoms with Crippen molar-refractivity contribution in [3.05, 3.63) is 16.1 Å². The fourth-order valence-electron chi connectivity index (χ4n) is 2.35. The lowest BCUT2D eigenvalue weighted by Crippen LogP contribution is -2.34. The third kappa shape index (κ3) is 3.27. The Balaban J connectivity index is 1.96. The molecule has 1 atom stereocenters. The summed E-state index contributed by atoms with van der Waals surface area (Å²) in [4.78, 5) is 7.25. The zero-order valence-corrected chi connectivity index (χ0v) is 11.7. The van der Waals surface area contributed by atoms with Crippen LogP contribution in [0.1, 0.15) is 43.4 Å². The Hall–Kier alpha value is -0.450. The highest BCUT2D eigenvalue weighted by Gasteiger charge is 2.23. The summed E-state index contributed by atoms with van der Waals surface area (Å²) in [6.45, 7) is 7.76. The molecule has 96 valence electrons. The van der Waals surface area contributed by atoms with Crippen molar-refractivity contribution in [3.63, 3.8) is 0 Å². The summed E-state index contributed by atoms with van der Waals surface area (Å²) < 4.78 is 0. The van der Waals surface area contributed by atoms with Gasteiger partial charge in [0.05, 0.1) is 11.7 Å². The fraction of sp³-hybridized carbons (Fsp3) is 0.769. The molecular weight excluding hydrogens is 230 g/mol. The van der Waals surface area contributed by atoms with Crippen molar-refractivity contribution < 1.29 is 0 Å². The van der Waals surface area contributed by atoms with Crippen molar-refractivity contribution in [3.8, 4) is 0 Å². The molecule has 1 aliphatic rings. The van der Waals surface area contributed by atoms with Crippen LogP contribution in [-0.4, -0.2) is 29.5 Å². The second kappa shape index (κ2) is 5.94. The Labute approximate surface area is 108 Å². The average Bonchev–Trinajstić information content (AvgIpc) is 2.78. The van der Waals surface area contributed by atoms with Crippen LogP contribution < -0.4 is 5.73 Å². The number of piperidine rings is 1. The van der Waals surface area contributed by atoms with Crippen LogP contribution in [0.3, 0.4) is 0 Å². The van der Waals surface area contributed by atoms with Gasteiger partial charge in [-0.3, -0.25) is 4.90 Å². The van der Waals surface area contributed by atoms with Crippen LogP contribution in [0.4, 0.5) is 0 Å². The van der Waals surface area contributed by atoms with Gasteiger partial charge in [0.2, 0.25) is 0 Å². The number of hydrogen-bond acceptors (Lipinski definition) is 4. The minimum atomic E-state index is 0.471. The van der Waals surface area contributed by atoms with Crippen molar-refractivity contribution in [2.45, 2.75) is 39.2 Å². The molecule has 1 unspecified atom stereocenters. The highest BCUT2D eigenvalue weighted by atomic mass is 32.1. The van der Waals surface area contributed by atoms with Gasteiger partial charge < -0.3 is 5.73 Å². The summed E-state index contributed by atoms with van der Waals surface area (Å²) in [6, 6.07) is 0.471. The lowest BCUT2D eigenvalue weighted by molar-refractivity contribution is 0.147. The number of nitrogens with zero attached hydrogens (tertiary/aromatic N) is 2. The van der Waals surface area contributed by atoms with E-state index < -0.39 is 0 Å². The Bertz CT molecular complexity index is 342. The maximum Gasteiger partial charge on any atom is 0.110 e. The smallest absolute Gasteiger partial charge is 0.110 e. The highest BCUT2D eigenvalue weighted by molar-refractivity contribution is 7.09. The van der Waals surface area contributed by atoms with E-state index in [1.807, 2.05) is 0 Å². The number of hydrogen-bond donors (Lipinski definition) is 1. The third-order valence-corrected chi connectivity index (χ3v) is 4.76. The van der Waals surface area contributed by atoms with E-state index in [1.54, 1.807) is 11.3 Å². The van der Waals surface area contributed by atoms with Gasteiger partial charge in [0.25, 0.3) is 0 Å². The molecule has 1 saturated heterocycles. The van der Waals surface area contributed by atoms with E-state index >= 15 is 0 Å². The first-order valence-corrected chi connectivity index (χ1v) is 7.47. The molecule has 1 aromatic heterocycles. The lowest BCUT2D eigenvalue weighted by Gasteiger charge is -2.33. The van der Waals surface area contributed by atoms with Gasteiger partial charge in [0, 0.05) is 11.8 Å². The van der Waals surface area contributed by atoms with Gasteiger partial charge in [-0.05, 0) is 45.3 Å². The molecule has 2 heterocycles. The van der Waals surface area contributed by atoms with Crippen LogP contribution in [0.25, 0.3) is 0 Å². The Kier molecular flexibility index (Phi) is 4.54. The topological polar surface area (TPSA) is 42.2 Å². The van der Waals surface area contributed by atoms with Gasteiger partial charge in [-0.2, -0.15) is 0 Å². The van der Waals surface area contributed by atoms with E-state index in [1.165, 1.54) is 30.9 Å². The van der Waals surface area contributed by atoms with Crippen molar-refractivity contribution in [1.29, 1.82) is 0 Å². The third-order valence-electron chi connectivity index (χ3n) is 3.69. The molecule has 2 N–H and O–H groups in total. The molecule has 0 bridgehead atoms. The molecule has 0 aliphatic carbocycles. The molecule has 0 saturated carbocycles. The maximum atomic E-state index is 5.56. The largest absolute Gasteiger partial charge is 0.330 e. The zero-order valence-electron chi connectivity index (χ0n) is 10.9. The maximum absolute atomic E-state index is 5.56. The quantitative estimate of drug-likeness (QED) is 0.896. The molecule has 0 spiro atoms. The molecule has 17 heavy (non-hydrogen) atoms. The first-order valence-electron chi connectivity index (χ1n) is 6.59. The molecule has 1 aliphatic heterocycles. The van der Waals surface area contributed by atoms with Gasteiger partial charge in [-0.1, -0.05) is 6.92 Å². The van der Waals surface area contributed by atoms with Crippen LogP contribution in [0.15, 0.2) is 5.38 Å². The predicted molar refractivity (Wildman–Crippen MR) is 73.3 cm³/mol. The Morgan fingerprint density at radius 2 is 2.24 bits per heavy atom. The van der Waals surface area contributed by atoms with Crippen molar-refractivity contribution >= 4 is 11.3 Å². The van der Waals surface area contributed by atoms with Crippen LogP contribution in [-0.2, 0) is 6.42 Å². The summed E-state index contributed by atoms with van der Waals surface area (Å²) >= 11 is 1.78. The van der Waals surface area contributed by atoms with Gasteiger partial charge in [-0.15, -0.1) is 11.3 Å². The van der Waals surface area contributed by atoms with Crippen molar-refractivity contribution in [2.75, 3.05) is 19.6 Å². The van der Waals surface area contributed by atoms with Gasteiger partial charge in [0.15, 0.2) is 0 Å². The van der Waals surface area contributed by atoms with Crippen LogP contribution in [0, 0.1) is 5.92 Å². The first kappa shape index (κ1) is 13.0. The van der Waals surface area contributed by atoms with Gasteiger partial charge in [0.1, 0.15) is 5.01 Å². The minimum Gasteiger partial charge on any atom is -0.330 e. The Morgan fingerprint density at radius 1 is 1.53 bits per heavy atom. The van der Waals surface area contributed by atoms with E-state index in [0.29, 0.717) is 12.6 Å². The van der Waals surface area contributed by atoms with Crippen LogP contribution in [0.2, 0.25) is 0 Å². The van der Waals surface area contributed by atoms with Crippen LogP contribution >= 0.6 is 11.3 Å². The Morgan fingerprint density at radius 3 is 2.88 bits per heavy atom. The van der Waals surface area contributed by atoms with Crippen molar-refractivity contribution in [1.82, 2.24) is 9.88 Å². The number of thiazole rings is 1. The van der Waals surface area contributed by atoms with E-state index in [-0.39, 0.29) is 0 Å². The molecule has 0 amide bonds. The minimum absolute atomic E-state index is 0.471. The molecule has 2 rings (SSSR count). The van der Waals surface area contributed by atoms with E-state index in [9.17, 15) is 0 Å². The van der Waals surface area contributed by atoms with Crippen molar-refractivity contribution in [2.24, 2.45) is 11.7 Å². The standard InChI is InChI=1S/C13H23N3S/c1-10-4-7-16(8-5-10)11(2)13-15-12(3-6-14)9-17-13/h9-11H,3-8,14H2,1-2H3. The van der Waals surface area contributed by atoms with Crippen LogP contribution in [0.5, 0.6) is 0 Å². The molecule has 0 aromatic carbocycles. The lowest BCUT2D eigenvalue weighted by atomic mass is 9.98. The summed E-state index contributed by atoms with van der Waals surface area (Å²) in [6.07, 6.45) is 3.55. The summed E-state index contributed by atoms with van der Waals surface area (Å²) in [5.41, 5.74) is 6.72. The first-order chi connectivity index (χ1) is 8.20.